The molecular formula is C23H18F3N5O3S. The Labute approximate surface area is 198 Å². The van der Waals surface area contributed by atoms with Crippen LogP contribution in [0.15, 0.2) is 65.8 Å². The van der Waals surface area contributed by atoms with Crippen LogP contribution >= 0.6 is 0 Å². The predicted octanol–water partition coefficient (Wildman–Crippen LogP) is 4.11. The number of sulfonamides is 1. The number of alkyl halides is 3. The molecule has 5 rings (SSSR count). The lowest BCUT2D eigenvalue weighted by atomic mass is 10.1. The van der Waals surface area contributed by atoms with E-state index < -0.39 is 33.5 Å². The molecule has 4 heterocycles. The SMILES string of the molecule is Cc1ccc(S(=O)(=O)N2CCc3c(nn(-c4ncccc4C(F)(F)F)c3O)-c3cccnc32)cc1. The van der Waals surface area contributed by atoms with Gasteiger partial charge in [-0.2, -0.15) is 23.0 Å². The number of hydrogen-bond acceptors (Lipinski definition) is 6. The van der Waals surface area contributed by atoms with Crippen molar-refractivity contribution in [2.24, 2.45) is 0 Å². The molecule has 0 atom stereocenters. The second kappa shape index (κ2) is 8.08. The van der Waals surface area contributed by atoms with Crippen LogP contribution in [0.2, 0.25) is 0 Å². The summed E-state index contributed by atoms with van der Waals surface area (Å²) in [7, 11) is -4.02. The topological polar surface area (TPSA) is 101 Å². The van der Waals surface area contributed by atoms with Gasteiger partial charge in [0, 0.05) is 30.1 Å². The molecule has 1 N–H and O–H groups in total. The van der Waals surface area contributed by atoms with Crippen LogP contribution in [0, 0.1) is 6.92 Å². The molecule has 0 radical (unpaired) electrons. The minimum Gasteiger partial charge on any atom is -0.493 e. The van der Waals surface area contributed by atoms with Crippen LogP contribution in [-0.2, 0) is 22.6 Å². The maximum Gasteiger partial charge on any atom is 0.420 e. The van der Waals surface area contributed by atoms with Crippen molar-refractivity contribution in [3.8, 4) is 23.0 Å². The third-order valence-electron chi connectivity index (χ3n) is 5.70. The quantitative estimate of drug-likeness (QED) is 0.453. The number of benzene rings is 1. The number of anilines is 1. The first-order valence-electron chi connectivity index (χ1n) is 10.5. The highest BCUT2D eigenvalue weighted by atomic mass is 32.2. The van der Waals surface area contributed by atoms with Crippen molar-refractivity contribution in [2.45, 2.75) is 24.4 Å². The number of aromatic hydroxyl groups is 1. The summed E-state index contributed by atoms with van der Waals surface area (Å²) >= 11 is 0. The monoisotopic (exact) mass is 501 g/mol. The van der Waals surface area contributed by atoms with Gasteiger partial charge in [-0.3, -0.25) is 0 Å². The van der Waals surface area contributed by atoms with Crippen molar-refractivity contribution in [1.29, 1.82) is 0 Å². The maximum atomic E-state index is 13.6. The molecule has 0 saturated heterocycles. The van der Waals surface area contributed by atoms with E-state index in [1.54, 1.807) is 24.3 Å². The summed E-state index contributed by atoms with van der Waals surface area (Å²) in [5.74, 6) is -1.07. The summed E-state index contributed by atoms with van der Waals surface area (Å²) in [6.07, 6.45) is -2.16. The number of halogens is 3. The highest BCUT2D eigenvalue weighted by Gasteiger charge is 2.38. The van der Waals surface area contributed by atoms with Gasteiger partial charge < -0.3 is 5.11 Å². The lowest BCUT2D eigenvalue weighted by molar-refractivity contribution is -0.137. The van der Waals surface area contributed by atoms with E-state index in [0.29, 0.717) is 0 Å². The molecule has 3 aromatic heterocycles. The summed E-state index contributed by atoms with van der Waals surface area (Å²) in [6, 6.07) is 11.5. The van der Waals surface area contributed by atoms with Gasteiger partial charge in [-0.1, -0.05) is 17.7 Å². The molecule has 0 bridgehead atoms. The van der Waals surface area contributed by atoms with E-state index in [1.807, 2.05) is 6.92 Å². The fourth-order valence-corrected chi connectivity index (χ4v) is 5.43. The molecule has 180 valence electrons. The van der Waals surface area contributed by atoms with Crippen LogP contribution in [0.1, 0.15) is 16.7 Å². The maximum absolute atomic E-state index is 13.6. The van der Waals surface area contributed by atoms with E-state index in [1.165, 1.54) is 24.5 Å². The zero-order valence-electron chi connectivity index (χ0n) is 18.2. The Hall–Kier alpha value is -3.93. The minimum absolute atomic E-state index is 0.0171. The number of rotatable bonds is 3. The molecule has 4 aromatic rings. The second-order valence-corrected chi connectivity index (χ2v) is 9.81. The average molecular weight is 501 g/mol. The summed E-state index contributed by atoms with van der Waals surface area (Å²) in [5.41, 5.74) is 0.410. The average Bonchev–Trinajstić information content (AvgIpc) is 3.05. The zero-order valence-corrected chi connectivity index (χ0v) is 19.0. The van der Waals surface area contributed by atoms with Crippen LogP contribution < -0.4 is 4.31 Å². The first-order chi connectivity index (χ1) is 16.6. The largest absolute Gasteiger partial charge is 0.493 e. The number of pyridine rings is 2. The third kappa shape index (κ3) is 3.79. The minimum atomic E-state index is -4.72. The van der Waals surface area contributed by atoms with Gasteiger partial charge in [0.1, 0.15) is 11.3 Å². The van der Waals surface area contributed by atoms with Crippen LogP contribution in [-0.4, -0.2) is 39.8 Å². The number of hydrogen-bond donors (Lipinski definition) is 1. The van der Waals surface area contributed by atoms with Gasteiger partial charge in [-0.05, 0) is 49.7 Å². The van der Waals surface area contributed by atoms with Crippen molar-refractivity contribution in [3.63, 3.8) is 0 Å². The van der Waals surface area contributed by atoms with E-state index in [4.69, 9.17) is 0 Å². The molecule has 12 heteroatoms. The number of nitrogens with zero attached hydrogens (tertiary/aromatic N) is 5. The Morgan fingerprint density at radius 2 is 1.63 bits per heavy atom. The Morgan fingerprint density at radius 1 is 0.971 bits per heavy atom. The van der Waals surface area contributed by atoms with Crippen molar-refractivity contribution in [3.05, 3.63) is 77.6 Å². The van der Waals surface area contributed by atoms with Crippen molar-refractivity contribution in [1.82, 2.24) is 19.7 Å². The first kappa shape index (κ1) is 22.8. The van der Waals surface area contributed by atoms with Crippen LogP contribution in [0.5, 0.6) is 5.88 Å². The van der Waals surface area contributed by atoms with E-state index >= 15 is 0 Å². The fraction of sp³-hybridized carbons (Fsp3) is 0.174. The summed E-state index contributed by atoms with van der Waals surface area (Å²) in [4.78, 5) is 8.12. The van der Waals surface area contributed by atoms with E-state index in [2.05, 4.69) is 15.1 Å². The van der Waals surface area contributed by atoms with Crippen LogP contribution in [0.25, 0.3) is 17.1 Å². The van der Waals surface area contributed by atoms with Gasteiger partial charge in [-0.25, -0.2) is 22.7 Å². The Bertz CT molecular complexity index is 1530. The predicted molar refractivity (Wildman–Crippen MR) is 121 cm³/mol. The first-order valence-corrected chi connectivity index (χ1v) is 11.9. The lowest BCUT2D eigenvalue weighted by Crippen LogP contribution is -2.33. The molecule has 8 nitrogen and oxygen atoms in total. The third-order valence-corrected chi connectivity index (χ3v) is 7.50. The molecule has 1 aromatic carbocycles. The smallest absolute Gasteiger partial charge is 0.420 e. The summed E-state index contributed by atoms with van der Waals surface area (Å²) < 4.78 is 69.5. The van der Waals surface area contributed by atoms with Gasteiger partial charge in [0.25, 0.3) is 10.0 Å². The van der Waals surface area contributed by atoms with Gasteiger partial charge in [-0.15, -0.1) is 0 Å². The van der Waals surface area contributed by atoms with Crippen LogP contribution in [0.4, 0.5) is 19.0 Å². The van der Waals surface area contributed by atoms with E-state index in [-0.39, 0.29) is 40.5 Å². The molecule has 0 unspecified atom stereocenters. The number of aromatic nitrogens is 4. The highest BCUT2D eigenvalue weighted by molar-refractivity contribution is 7.92. The second-order valence-electron chi connectivity index (χ2n) is 7.95. The highest BCUT2D eigenvalue weighted by Crippen LogP contribution is 2.42. The van der Waals surface area contributed by atoms with E-state index in [9.17, 15) is 26.7 Å². The van der Waals surface area contributed by atoms with Crippen LogP contribution in [0.3, 0.4) is 0 Å². The Kier molecular flexibility index (Phi) is 5.28. The Balaban J connectivity index is 1.67. The molecule has 0 aliphatic carbocycles. The number of fused-ring (bicyclic) bond motifs is 3. The van der Waals surface area contributed by atoms with Gasteiger partial charge >= 0.3 is 6.18 Å². The normalized spacial score (nSPS) is 13.8. The van der Waals surface area contributed by atoms with E-state index in [0.717, 1.165) is 26.7 Å². The molecule has 1 aliphatic heterocycles. The zero-order chi connectivity index (χ0) is 25.0. The number of aryl methyl sites for hydroxylation is 1. The summed E-state index contributed by atoms with van der Waals surface area (Å²) in [6.45, 7) is 1.73. The van der Waals surface area contributed by atoms with Gasteiger partial charge in [0.05, 0.1) is 4.90 Å². The van der Waals surface area contributed by atoms with Crippen molar-refractivity contribution >= 4 is 15.8 Å². The van der Waals surface area contributed by atoms with Crippen molar-refractivity contribution < 1.29 is 26.7 Å². The summed E-state index contributed by atoms with van der Waals surface area (Å²) in [5, 5.41) is 15.1. The standard InChI is InChI=1S/C23H18F3N5O3S/c1-14-6-8-15(9-7-14)35(33,34)30-13-10-17-19(16-4-2-11-27-20(16)30)29-31(22(17)32)21-18(23(24,25)26)5-3-12-28-21/h2-9,11-12,32H,10,13H2,1H3. The van der Waals surface area contributed by atoms with Gasteiger partial charge in [0.15, 0.2) is 11.6 Å². The molecule has 0 spiro atoms. The molecular weight excluding hydrogens is 483 g/mol. The molecule has 0 saturated carbocycles. The molecule has 1 aliphatic rings. The fourth-order valence-electron chi connectivity index (χ4n) is 3.99. The Morgan fingerprint density at radius 3 is 2.31 bits per heavy atom. The molecule has 0 fully saturated rings. The van der Waals surface area contributed by atoms with Crippen molar-refractivity contribution in [2.75, 3.05) is 10.8 Å². The van der Waals surface area contributed by atoms with Gasteiger partial charge in [0.2, 0.25) is 5.88 Å². The lowest BCUT2D eigenvalue weighted by Gasteiger charge is -2.23. The molecule has 0 amide bonds. The molecule has 35 heavy (non-hydrogen) atoms.